The predicted molar refractivity (Wildman–Crippen MR) is 83.2 cm³/mol. The van der Waals surface area contributed by atoms with Crippen LogP contribution >= 0.6 is 11.6 Å². The van der Waals surface area contributed by atoms with Crippen molar-refractivity contribution in [3.8, 4) is 5.75 Å². The summed E-state index contributed by atoms with van der Waals surface area (Å²) in [5, 5.41) is 6.43. The van der Waals surface area contributed by atoms with Gasteiger partial charge in [0.2, 0.25) is 0 Å². The first-order valence-electron chi connectivity index (χ1n) is 7.00. The Kier molecular flexibility index (Phi) is 4.96. The number of ether oxygens (including phenoxy) is 2. The topological polar surface area (TPSA) is 59.6 Å². The molecule has 0 aromatic heterocycles. The van der Waals surface area contributed by atoms with E-state index in [-0.39, 0.29) is 6.10 Å². The summed E-state index contributed by atoms with van der Waals surface area (Å²) < 4.78 is 11.1. The Morgan fingerprint density at radius 3 is 2.81 bits per heavy atom. The fourth-order valence-corrected chi connectivity index (χ4v) is 2.16. The minimum Gasteiger partial charge on any atom is -0.487 e. The number of amides is 1. The summed E-state index contributed by atoms with van der Waals surface area (Å²) in [4.78, 5) is 11.8. The van der Waals surface area contributed by atoms with Crippen LogP contribution in [0.1, 0.15) is 27.2 Å². The maximum Gasteiger partial charge on any atom is 0.412 e. The molecule has 21 heavy (non-hydrogen) atoms. The molecule has 2 N–H and O–H groups in total. The van der Waals surface area contributed by atoms with Gasteiger partial charge in [0.15, 0.2) is 0 Å². The van der Waals surface area contributed by atoms with E-state index in [0.717, 1.165) is 19.5 Å². The summed E-state index contributed by atoms with van der Waals surface area (Å²) >= 11 is 6.13. The highest BCUT2D eigenvalue weighted by Crippen LogP contribution is 2.29. The van der Waals surface area contributed by atoms with Gasteiger partial charge in [0, 0.05) is 18.3 Å². The van der Waals surface area contributed by atoms with Crippen LogP contribution in [0.2, 0.25) is 5.02 Å². The Balaban J connectivity index is 2.02. The Morgan fingerprint density at radius 1 is 1.43 bits per heavy atom. The van der Waals surface area contributed by atoms with E-state index in [9.17, 15) is 4.79 Å². The number of hydrogen-bond acceptors (Lipinski definition) is 4. The highest BCUT2D eigenvalue weighted by Gasteiger charge is 2.19. The van der Waals surface area contributed by atoms with Crippen molar-refractivity contribution in [2.45, 2.75) is 38.9 Å². The summed E-state index contributed by atoms with van der Waals surface area (Å²) in [5.74, 6) is 0.568. The second-order valence-corrected chi connectivity index (χ2v) is 6.41. The van der Waals surface area contributed by atoms with E-state index in [2.05, 4.69) is 10.6 Å². The fraction of sp³-hybridized carbons (Fsp3) is 0.533. The molecule has 1 heterocycles. The highest BCUT2D eigenvalue weighted by molar-refractivity contribution is 6.32. The lowest BCUT2D eigenvalue weighted by atomic mass is 10.2. The zero-order chi connectivity index (χ0) is 15.5. The number of carbonyl (C=O) groups is 1. The van der Waals surface area contributed by atoms with E-state index < -0.39 is 11.7 Å². The maximum absolute atomic E-state index is 11.8. The summed E-state index contributed by atoms with van der Waals surface area (Å²) in [6.45, 7) is 7.19. The molecule has 2 rings (SSSR count). The minimum atomic E-state index is -0.536. The molecule has 1 fully saturated rings. The van der Waals surface area contributed by atoms with Crippen molar-refractivity contribution in [3.63, 3.8) is 0 Å². The fourth-order valence-electron chi connectivity index (χ4n) is 2.00. The van der Waals surface area contributed by atoms with Crippen LogP contribution in [0.3, 0.4) is 0 Å². The van der Waals surface area contributed by atoms with Gasteiger partial charge < -0.3 is 14.8 Å². The maximum atomic E-state index is 11.8. The molecule has 116 valence electrons. The van der Waals surface area contributed by atoms with Crippen molar-refractivity contribution in [3.05, 3.63) is 23.2 Å². The van der Waals surface area contributed by atoms with Gasteiger partial charge in [-0.3, -0.25) is 5.32 Å². The lowest BCUT2D eigenvalue weighted by molar-refractivity contribution is 0.0636. The summed E-state index contributed by atoms with van der Waals surface area (Å²) in [5.41, 5.74) is 0.0559. The van der Waals surface area contributed by atoms with E-state index in [4.69, 9.17) is 21.1 Å². The van der Waals surface area contributed by atoms with Crippen LogP contribution in [0.25, 0.3) is 0 Å². The van der Waals surface area contributed by atoms with Gasteiger partial charge in [-0.2, -0.15) is 0 Å². The first kappa shape index (κ1) is 15.9. The van der Waals surface area contributed by atoms with E-state index in [1.54, 1.807) is 18.2 Å². The first-order chi connectivity index (χ1) is 9.83. The average molecular weight is 313 g/mol. The number of rotatable bonds is 3. The van der Waals surface area contributed by atoms with Gasteiger partial charge in [-0.25, -0.2) is 4.79 Å². The molecule has 5 nitrogen and oxygen atoms in total. The molecule has 1 saturated heterocycles. The number of hydrogen-bond donors (Lipinski definition) is 2. The second-order valence-electron chi connectivity index (χ2n) is 6.00. The molecule has 1 aromatic carbocycles. The van der Waals surface area contributed by atoms with Crippen molar-refractivity contribution >= 4 is 23.4 Å². The van der Waals surface area contributed by atoms with Crippen molar-refractivity contribution in [2.75, 3.05) is 18.4 Å². The third kappa shape index (κ3) is 5.10. The van der Waals surface area contributed by atoms with Crippen LogP contribution in [0, 0.1) is 0 Å². The molecule has 1 aromatic rings. The van der Waals surface area contributed by atoms with Crippen molar-refractivity contribution in [1.29, 1.82) is 0 Å². The Morgan fingerprint density at radius 2 is 2.19 bits per heavy atom. The molecule has 1 aliphatic heterocycles. The molecule has 0 spiro atoms. The summed E-state index contributed by atoms with van der Waals surface area (Å²) in [6.07, 6.45) is 0.553. The Hall–Kier alpha value is -1.46. The van der Waals surface area contributed by atoms with Crippen molar-refractivity contribution < 1.29 is 14.3 Å². The Labute approximate surface area is 130 Å². The van der Waals surface area contributed by atoms with Crippen LogP contribution in [-0.4, -0.2) is 30.9 Å². The van der Waals surface area contributed by atoms with E-state index in [1.807, 2.05) is 20.8 Å². The number of benzene rings is 1. The Bertz CT molecular complexity index is 508. The number of nitrogens with one attached hydrogen (secondary N) is 2. The monoisotopic (exact) mass is 312 g/mol. The van der Waals surface area contributed by atoms with Gasteiger partial charge in [-0.1, -0.05) is 11.6 Å². The van der Waals surface area contributed by atoms with Crippen LogP contribution < -0.4 is 15.4 Å². The van der Waals surface area contributed by atoms with E-state index in [1.165, 1.54) is 0 Å². The minimum absolute atomic E-state index is 0.110. The van der Waals surface area contributed by atoms with Gasteiger partial charge in [0.05, 0.1) is 5.02 Å². The third-order valence-electron chi connectivity index (χ3n) is 2.89. The summed E-state index contributed by atoms with van der Waals surface area (Å²) in [7, 11) is 0. The van der Waals surface area contributed by atoms with Crippen molar-refractivity contribution in [1.82, 2.24) is 5.32 Å². The largest absolute Gasteiger partial charge is 0.487 e. The van der Waals surface area contributed by atoms with E-state index >= 15 is 0 Å². The quantitative estimate of drug-likeness (QED) is 0.897. The second kappa shape index (κ2) is 6.54. The summed E-state index contributed by atoms with van der Waals surface area (Å²) in [6, 6.07) is 5.13. The zero-order valence-corrected chi connectivity index (χ0v) is 13.3. The van der Waals surface area contributed by atoms with Crippen LogP contribution in [-0.2, 0) is 4.74 Å². The molecule has 1 atom stereocenters. The van der Waals surface area contributed by atoms with Crippen LogP contribution in [0.5, 0.6) is 5.75 Å². The average Bonchev–Trinajstić information content (AvgIpc) is 2.84. The number of halogens is 1. The molecule has 0 radical (unpaired) electrons. The smallest absolute Gasteiger partial charge is 0.412 e. The van der Waals surface area contributed by atoms with Gasteiger partial charge in [-0.05, 0) is 45.9 Å². The SMILES string of the molecule is CC(C)(C)OC(=O)Nc1ccc(Cl)c(OC2CCNC2)c1. The van der Waals surface area contributed by atoms with Gasteiger partial charge >= 0.3 is 6.09 Å². The van der Waals surface area contributed by atoms with E-state index in [0.29, 0.717) is 16.5 Å². The lowest BCUT2D eigenvalue weighted by Gasteiger charge is -2.20. The molecular weight excluding hydrogens is 292 g/mol. The molecule has 0 bridgehead atoms. The van der Waals surface area contributed by atoms with Crippen molar-refractivity contribution in [2.24, 2.45) is 0 Å². The number of carbonyl (C=O) groups excluding carboxylic acids is 1. The molecule has 1 aliphatic rings. The first-order valence-corrected chi connectivity index (χ1v) is 7.38. The zero-order valence-electron chi connectivity index (χ0n) is 12.5. The van der Waals surface area contributed by atoms with Gasteiger partial charge in [0.1, 0.15) is 17.5 Å². The third-order valence-corrected chi connectivity index (χ3v) is 3.20. The van der Waals surface area contributed by atoms with Crippen LogP contribution in [0.15, 0.2) is 18.2 Å². The molecule has 6 heteroatoms. The number of anilines is 1. The normalized spacial score (nSPS) is 18.4. The molecule has 0 aliphatic carbocycles. The molecule has 0 saturated carbocycles. The van der Waals surface area contributed by atoms with Crippen LogP contribution in [0.4, 0.5) is 10.5 Å². The van der Waals surface area contributed by atoms with Gasteiger partial charge in [-0.15, -0.1) is 0 Å². The molecular formula is C15H21ClN2O3. The highest BCUT2D eigenvalue weighted by atomic mass is 35.5. The lowest BCUT2D eigenvalue weighted by Crippen LogP contribution is -2.27. The van der Waals surface area contributed by atoms with Gasteiger partial charge in [0.25, 0.3) is 0 Å². The molecule has 1 amide bonds. The predicted octanol–water partition coefficient (Wildman–Crippen LogP) is 3.43. The molecule has 1 unspecified atom stereocenters. The standard InChI is InChI=1S/C15H21ClN2O3/c1-15(2,3)21-14(19)18-10-4-5-12(16)13(8-10)20-11-6-7-17-9-11/h4-5,8,11,17H,6-7,9H2,1-3H3,(H,18,19).